The number of imidazole rings is 1. The standard InChI is InChI=1S/C23H22N4O2S/c1-2-28-18-11-7-16(8-12-18)24-23(30)25-17-9-13-19(14-10-17)29-15-22-26-20-5-3-4-6-21(20)27-22/h3-14H,2,15H2,1H3,(H,26,27)(H2,24,25,30). The van der Waals surface area contributed by atoms with Crippen LogP contribution in [0.4, 0.5) is 11.4 Å². The summed E-state index contributed by atoms with van der Waals surface area (Å²) >= 11 is 5.38. The summed E-state index contributed by atoms with van der Waals surface area (Å²) in [6.45, 7) is 2.98. The number of H-pyrrole nitrogens is 1. The quantitative estimate of drug-likeness (QED) is 0.352. The summed E-state index contributed by atoms with van der Waals surface area (Å²) < 4.78 is 11.3. The molecule has 1 heterocycles. The number of hydrogen-bond acceptors (Lipinski definition) is 4. The first-order valence-corrected chi connectivity index (χ1v) is 10.1. The molecule has 0 aliphatic carbocycles. The molecule has 4 rings (SSSR count). The third-order valence-electron chi connectivity index (χ3n) is 4.35. The van der Waals surface area contributed by atoms with Crippen LogP contribution in [0.15, 0.2) is 72.8 Å². The zero-order valence-electron chi connectivity index (χ0n) is 16.5. The van der Waals surface area contributed by atoms with Crippen LogP contribution in [0.3, 0.4) is 0 Å². The van der Waals surface area contributed by atoms with E-state index in [9.17, 15) is 0 Å². The largest absolute Gasteiger partial charge is 0.494 e. The zero-order valence-corrected chi connectivity index (χ0v) is 17.3. The Balaban J connectivity index is 1.29. The van der Waals surface area contributed by atoms with Crippen molar-refractivity contribution >= 4 is 39.7 Å². The summed E-state index contributed by atoms with van der Waals surface area (Å²) in [5.41, 5.74) is 3.70. The summed E-state index contributed by atoms with van der Waals surface area (Å²) in [7, 11) is 0. The highest BCUT2D eigenvalue weighted by atomic mass is 32.1. The molecule has 1 aromatic heterocycles. The molecule has 3 N–H and O–H groups in total. The second-order valence-corrected chi connectivity index (χ2v) is 6.96. The van der Waals surface area contributed by atoms with E-state index in [0.717, 1.165) is 39.7 Å². The van der Waals surface area contributed by atoms with Crippen molar-refractivity contribution < 1.29 is 9.47 Å². The Hall–Kier alpha value is -3.58. The Morgan fingerprint density at radius 2 is 1.47 bits per heavy atom. The molecule has 0 saturated heterocycles. The Morgan fingerprint density at radius 1 is 0.867 bits per heavy atom. The van der Waals surface area contributed by atoms with Crippen LogP contribution in [0, 0.1) is 0 Å². The van der Waals surface area contributed by atoms with Gasteiger partial charge in [-0.3, -0.25) is 0 Å². The van der Waals surface area contributed by atoms with Gasteiger partial charge in [-0.25, -0.2) is 4.98 Å². The van der Waals surface area contributed by atoms with Gasteiger partial charge in [0.05, 0.1) is 17.6 Å². The highest BCUT2D eigenvalue weighted by Gasteiger charge is 2.04. The highest BCUT2D eigenvalue weighted by molar-refractivity contribution is 7.80. The number of hydrogen-bond donors (Lipinski definition) is 3. The first kappa shape index (κ1) is 19.7. The Morgan fingerprint density at radius 3 is 2.07 bits per heavy atom. The molecule has 0 spiro atoms. The van der Waals surface area contributed by atoms with Gasteiger partial charge in [0.1, 0.15) is 23.9 Å². The first-order valence-electron chi connectivity index (χ1n) is 9.67. The van der Waals surface area contributed by atoms with Gasteiger partial charge in [0.2, 0.25) is 0 Å². The van der Waals surface area contributed by atoms with Crippen LogP contribution in [0.5, 0.6) is 11.5 Å². The number of para-hydroxylation sites is 2. The molecule has 0 fully saturated rings. The lowest BCUT2D eigenvalue weighted by Gasteiger charge is -2.12. The summed E-state index contributed by atoms with van der Waals surface area (Å²) in [4.78, 5) is 7.77. The number of aromatic amines is 1. The van der Waals surface area contributed by atoms with Crippen LogP contribution in [-0.2, 0) is 6.61 Å². The lowest BCUT2D eigenvalue weighted by atomic mass is 10.3. The molecule has 0 saturated carbocycles. The Labute approximate surface area is 180 Å². The predicted octanol–water partition coefficient (Wildman–Crippen LogP) is 5.35. The summed E-state index contributed by atoms with van der Waals surface area (Å²) in [5, 5.41) is 6.83. The number of nitrogens with zero attached hydrogens (tertiary/aromatic N) is 1. The van der Waals surface area contributed by atoms with Crippen molar-refractivity contribution in [1.82, 2.24) is 9.97 Å². The maximum atomic E-state index is 5.83. The number of ether oxygens (including phenoxy) is 2. The van der Waals surface area contributed by atoms with Gasteiger partial charge in [0.15, 0.2) is 5.11 Å². The van der Waals surface area contributed by atoms with Gasteiger partial charge in [0.25, 0.3) is 0 Å². The fourth-order valence-corrected chi connectivity index (χ4v) is 3.19. The summed E-state index contributed by atoms with van der Waals surface area (Å²) in [6.07, 6.45) is 0. The van der Waals surface area contributed by atoms with Crippen LogP contribution in [0.25, 0.3) is 11.0 Å². The predicted molar refractivity (Wildman–Crippen MR) is 124 cm³/mol. The molecule has 0 atom stereocenters. The number of fused-ring (bicyclic) bond motifs is 1. The molecule has 4 aromatic rings. The second-order valence-electron chi connectivity index (χ2n) is 6.55. The second kappa shape index (κ2) is 9.28. The van der Waals surface area contributed by atoms with Gasteiger partial charge in [-0.05, 0) is 79.8 Å². The maximum absolute atomic E-state index is 5.83. The first-order chi connectivity index (χ1) is 14.7. The molecule has 3 aromatic carbocycles. The number of rotatable bonds is 7. The minimum atomic E-state index is 0.374. The van der Waals surface area contributed by atoms with E-state index in [1.54, 1.807) is 0 Å². The highest BCUT2D eigenvalue weighted by Crippen LogP contribution is 2.19. The van der Waals surface area contributed by atoms with E-state index in [2.05, 4.69) is 20.6 Å². The number of anilines is 2. The van der Waals surface area contributed by atoms with Crippen molar-refractivity contribution in [2.75, 3.05) is 17.2 Å². The fourth-order valence-electron chi connectivity index (χ4n) is 2.95. The van der Waals surface area contributed by atoms with Crippen molar-refractivity contribution in [2.24, 2.45) is 0 Å². The van der Waals surface area contributed by atoms with E-state index in [0.29, 0.717) is 18.3 Å². The number of thiocarbonyl (C=S) groups is 1. The van der Waals surface area contributed by atoms with E-state index in [4.69, 9.17) is 21.7 Å². The molecule has 0 radical (unpaired) electrons. The van der Waals surface area contributed by atoms with Crippen LogP contribution in [-0.4, -0.2) is 21.7 Å². The monoisotopic (exact) mass is 418 g/mol. The maximum Gasteiger partial charge on any atom is 0.175 e. The molecular weight excluding hydrogens is 396 g/mol. The van der Waals surface area contributed by atoms with Crippen LogP contribution in [0.2, 0.25) is 0 Å². The smallest absolute Gasteiger partial charge is 0.175 e. The SMILES string of the molecule is CCOc1ccc(NC(=S)Nc2ccc(OCc3nc4ccccc4[nH]3)cc2)cc1. The van der Waals surface area contributed by atoms with E-state index in [-0.39, 0.29) is 0 Å². The Kier molecular flexibility index (Phi) is 6.10. The topological polar surface area (TPSA) is 71.2 Å². The third kappa shape index (κ3) is 5.07. The van der Waals surface area contributed by atoms with E-state index in [1.807, 2.05) is 79.7 Å². The van der Waals surface area contributed by atoms with Gasteiger partial charge >= 0.3 is 0 Å². The molecule has 152 valence electrons. The summed E-state index contributed by atoms with van der Waals surface area (Å²) in [6, 6.07) is 23.2. The number of nitrogens with one attached hydrogen (secondary N) is 3. The van der Waals surface area contributed by atoms with Crippen molar-refractivity contribution in [2.45, 2.75) is 13.5 Å². The molecule has 0 aliphatic rings. The molecule has 6 nitrogen and oxygen atoms in total. The van der Waals surface area contributed by atoms with E-state index in [1.165, 1.54) is 0 Å². The average molecular weight is 419 g/mol. The minimum absolute atomic E-state index is 0.374. The third-order valence-corrected chi connectivity index (χ3v) is 4.55. The van der Waals surface area contributed by atoms with Crippen molar-refractivity contribution in [3.8, 4) is 11.5 Å². The van der Waals surface area contributed by atoms with Gasteiger partial charge < -0.3 is 25.1 Å². The zero-order chi connectivity index (χ0) is 20.8. The van der Waals surface area contributed by atoms with Gasteiger partial charge in [0, 0.05) is 11.4 Å². The number of benzene rings is 3. The Bertz CT molecular complexity index is 1090. The molecule has 0 bridgehead atoms. The molecule has 0 unspecified atom stereocenters. The van der Waals surface area contributed by atoms with Gasteiger partial charge in [-0.1, -0.05) is 12.1 Å². The summed E-state index contributed by atoms with van der Waals surface area (Å²) in [5.74, 6) is 2.38. The van der Waals surface area contributed by atoms with Crippen LogP contribution in [0.1, 0.15) is 12.7 Å². The van der Waals surface area contributed by atoms with E-state index >= 15 is 0 Å². The van der Waals surface area contributed by atoms with Crippen molar-refractivity contribution in [1.29, 1.82) is 0 Å². The lowest BCUT2D eigenvalue weighted by molar-refractivity contribution is 0.297. The molecule has 7 heteroatoms. The van der Waals surface area contributed by atoms with Crippen molar-refractivity contribution in [3.05, 3.63) is 78.6 Å². The van der Waals surface area contributed by atoms with Crippen LogP contribution < -0.4 is 20.1 Å². The minimum Gasteiger partial charge on any atom is -0.494 e. The van der Waals surface area contributed by atoms with Gasteiger partial charge in [-0.2, -0.15) is 0 Å². The fraction of sp³-hybridized carbons (Fsp3) is 0.130. The normalized spacial score (nSPS) is 10.6. The van der Waals surface area contributed by atoms with Crippen molar-refractivity contribution in [3.63, 3.8) is 0 Å². The van der Waals surface area contributed by atoms with Crippen LogP contribution >= 0.6 is 12.2 Å². The molecule has 0 aliphatic heterocycles. The number of aromatic nitrogens is 2. The molecular formula is C23H22N4O2S. The molecule has 0 amide bonds. The van der Waals surface area contributed by atoms with Gasteiger partial charge in [-0.15, -0.1) is 0 Å². The molecule has 30 heavy (non-hydrogen) atoms. The average Bonchev–Trinajstić information content (AvgIpc) is 3.18. The van der Waals surface area contributed by atoms with E-state index < -0.39 is 0 Å². The lowest BCUT2D eigenvalue weighted by Crippen LogP contribution is -2.18.